The van der Waals surface area contributed by atoms with Gasteiger partial charge < -0.3 is 9.68 Å². The summed E-state index contributed by atoms with van der Waals surface area (Å²) < 4.78 is 7.82. The van der Waals surface area contributed by atoms with E-state index in [1.165, 1.54) is 53.6 Å². The Balaban J connectivity index is 1.32. The number of thiophene rings is 1. The number of fused-ring (bicyclic) bond motifs is 3. The zero-order valence-corrected chi connectivity index (χ0v) is 25.7. The van der Waals surface area contributed by atoms with Gasteiger partial charge in [0, 0.05) is 25.7 Å². The Morgan fingerprint density at radius 1 is 0.413 bits per heavy atom. The van der Waals surface area contributed by atoms with Gasteiger partial charge >= 0.3 is 7.69 Å². The molecule has 0 fully saturated rings. The van der Waals surface area contributed by atoms with Crippen LogP contribution >= 0.6 is 11.3 Å². The predicted octanol–water partition coefficient (Wildman–Crippen LogP) is 11.3. The van der Waals surface area contributed by atoms with Crippen LogP contribution in [0.2, 0.25) is 0 Å². The highest BCUT2D eigenvalue weighted by atomic mass is 32.1. The fraction of sp³-hybridized carbons (Fsp3) is 0. The summed E-state index contributed by atoms with van der Waals surface area (Å²) in [4.78, 5) is 0. The molecular weight excluding hydrogens is 579 g/mol. The maximum Gasteiger partial charge on any atom is 0.569 e. The van der Waals surface area contributed by atoms with E-state index in [9.17, 15) is 5.02 Å². The minimum atomic E-state index is 0.589. The van der Waals surface area contributed by atoms with Crippen LogP contribution < -0.4 is 4.65 Å². The maximum absolute atomic E-state index is 9.32. The van der Waals surface area contributed by atoms with Crippen LogP contribution in [0.15, 0.2) is 164 Å². The third-order valence-electron chi connectivity index (χ3n) is 8.51. The molecule has 0 aliphatic rings. The van der Waals surface area contributed by atoms with Crippen LogP contribution in [0, 0.1) is 0 Å². The molecule has 0 spiro atoms. The molecule has 1 N–H and O–H groups in total. The van der Waals surface area contributed by atoms with Crippen LogP contribution in [0.3, 0.4) is 0 Å². The predicted molar refractivity (Wildman–Crippen MR) is 195 cm³/mol. The second-order valence-corrected chi connectivity index (χ2v) is 12.4. The summed E-state index contributed by atoms with van der Waals surface area (Å²) in [5, 5.41) is 11.8. The van der Waals surface area contributed by atoms with E-state index in [0.29, 0.717) is 5.75 Å². The SMILES string of the molecule is O[B]Oc1cccc(-c2cc(-c3cccc(-c4ccccc4)c3)cc3c2sc2ccc(-c4cccc(-c5ccccc5)c4)cc23)c1. The summed E-state index contributed by atoms with van der Waals surface area (Å²) in [7, 11) is 0.730. The number of benzene rings is 7. The van der Waals surface area contributed by atoms with Crippen molar-refractivity contribution in [3.63, 3.8) is 0 Å². The molecule has 0 saturated carbocycles. The molecule has 7 aromatic carbocycles. The fourth-order valence-electron chi connectivity index (χ4n) is 6.25. The minimum absolute atomic E-state index is 0.589. The van der Waals surface area contributed by atoms with Gasteiger partial charge in [-0.2, -0.15) is 0 Å². The molecule has 2 nitrogen and oxygen atoms in total. The van der Waals surface area contributed by atoms with Gasteiger partial charge in [-0.05, 0) is 98.6 Å². The first-order valence-corrected chi connectivity index (χ1v) is 16.1. The molecule has 0 unspecified atom stereocenters. The first-order valence-electron chi connectivity index (χ1n) is 15.3. The average molecular weight is 608 g/mol. The Morgan fingerprint density at radius 2 is 0.935 bits per heavy atom. The molecular formula is C42H28BO2S. The largest absolute Gasteiger partial charge is 0.569 e. The van der Waals surface area contributed by atoms with E-state index in [0.717, 1.165) is 29.9 Å². The van der Waals surface area contributed by atoms with Gasteiger partial charge in [-0.25, -0.2) is 0 Å². The fourth-order valence-corrected chi connectivity index (χ4v) is 7.46. The average Bonchev–Trinajstić information content (AvgIpc) is 3.50. The normalized spacial score (nSPS) is 11.2. The highest BCUT2D eigenvalue weighted by molar-refractivity contribution is 7.26. The van der Waals surface area contributed by atoms with Crippen LogP contribution in [0.4, 0.5) is 0 Å². The van der Waals surface area contributed by atoms with E-state index in [1.54, 1.807) is 0 Å². The molecule has 1 heterocycles. The molecule has 0 aliphatic carbocycles. The van der Waals surface area contributed by atoms with Crippen LogP contribution in [-0.2, 0) is 0 Å². The summed E-state index contributed by atoms with van der Waals surface area (Å²) in [5.74, 6) is 0.589. The Bertz CT molecular complexity index is 2330. The standard InChI is InChI=1S/C42H28BO2S/c44-43-45-37-19-9-18-35(24-37)38-26-36(33-17-8-15-31(23-33)29-12-5-2-6-13-29)27-40-39-25-34(20-21-41(39)46-42(38)40)32-16-7-14-30(22-32)28-10-3-1-4-11-28/h1-27,44H. The zero-order valence-electron chi connectivity index (χ0n) is 24.9. The van der Waals surface area contributed by atoms with Gasteiger partial charge in [-0.3, -0.25) is 0 Å². The summed E-state index contributed by atoms with van der Waals surface area (Å²) >= 11 is 1.81. The number of hydrogen-bond donors (Lipinski definition) is 1. The summed E-state index contributed by atoms with van der Waals surface area (Å²) in [5.41, 5.74) is 11.7. The van der Waals surface area contributed by atoms with Gasteiger partial charge in [0.05, 0.1) is 0 Å². The van der Waals surface area contributed by atoms with Gasteiger partial charge in [0.15, 0.2) is 0 Å². The molecule has 0 atom stereocenters. The summed E-state index contributed by atoms with van der Waals surface area (Å²) in [6.07, 6.45) is 0. The van der Waals surface area contributed by atoms with Crippen LogP contribution in [0.25, 0.3) is 75.8 Å². The quantitative estimate of drug-likeness (QED) is 0.183. The maximum atomic E-state index is 9.32. The van der Waals surface area contributed by atoms with Gasteiger partial charge in [-0.1, -0.05) is 115 Å². The second kappa shape index (κ2) is 12.2. The van der Waals surface area contributed by atoms with Crippen molar-refractivity contribution < 1.29 is 9.68 Å². The summed E-state index contributed by atoms with van der Waals surface area (Å²) in [6, 6.07) is 57.9. The van der Waals surface area contributed by atoms with Crippen molar-refractivity contribution in [1.29, 1.82) is 0 Å². The molecule has 8 rings (SSSR count). The minimum Gasteiger partial charge on any atom is -0.537 e. The second-order valence-electron chi connectivity index (χ2n) is 11.4. The number of rotatable bonds is 7. The highest BCUT2D eigenvalue weighted by Gasteiger charge is 2.16. The van der Waals surface area contributed by atoms with Crippen LogP contribution in [0.1, 0.15) is 0 Å². The number of hydrogen-bond acceptors (Lipinski definition) is 3. The van der Waals surface area contributed by atoms with Crippen molar-refractivity contribution in [3.05, 3.63) is 164 Å². The molecule has 1 radical (unpaired) electrons. The van der Waals surface area contributed by atoms with Crippen molar-refractivity contribution in [2.24, 2.45) is 0 Å². The van der Waals surface area contributed by atoms with E-state index >= 15 is 0 Å². The Hall–Kier alpha value is -5.42. The van der Waals surface area contributed by atoms with Gasteiger partial charge in [0.1, 0.15) is 5.75 Å². The third kappa shape index (κ3) is 5.39. The Labute approximate surface area is 273 Å². The van der Waals surface area contributed by atoms with E-state index in [2.05, 4.69) is 140 Å². The zero-order chi connectivity index (χ0) is 30.9. The van der Waals surface area contributed by atoms with Crippen LogP contribution in [0.5, 0.6) is 5.75 Å². The van der Waals surface area contributed by atoms with Crippen molar-refractivity contribution in [2.45, 2.75) is 0 Å². The highest BCUT2D eigenvalue weighted by Crippen LogP contribution is 2.44. The molecule has 0 saturated heterocycles. The molecule has 0 aliphatic heterocycles. The molecule has 4 heteroatoms. The lowest BCUT2D eigenvalue weighted by atomic mass is 9.93. The van der Waals surface area contributed by atoms with E-state index in [-0.39, 0.29) is 0 Å². The van der Waals surface area contributed by atoms with E-state index < -0.39 is 0 Å². The summed E-state index contributed by atoms with van der Waals surface area (Å²) in [6.45, 7) is 0. The lowest BCUT2D eigenvalue weighted by molar-refractivity contribution is 0.454. The third-order valence-corrected chi connectivity index (χ3v) is 9.73. The van der Waals surface area contributed by atoms with E-state index in [1.807, 2.05) is 35.6 Å². The molecule has 46 heavy (non-hydrogen) atoms. The van der Waals surface area contributed by atoms with Crippen LogP contribution in [-0.4, -0.2) is 12.7 Å². The van der Waals surface area contributed by atoms with Crippen molar-refractivity contribution in [2.75, 3.05) is 0 Å². The lowest BCUT2D eigenvalue weighted by Crippen LogP contribution is -1.99. The first kappa shape index (κ1) is 28.1. The van der Waals surface area contributed by atoms with Gasteiger partial charge in [0.2, 0.25) is 0 Å². The monoisotopic (exact) mass is 607 g/mol. The molecule has 8 aromatic rings. The molecule has 217 valence electrons. The van der Waals surface area contributed by atoms with Crippen molar-refractivity contribution in [1.82, 2.24) is 0 Å². The van der Waals surface area contributed by atoms with Gasteiger partial charge in [0.25, 0.3) is 0 Å². The Kier molecular flexibility index (Phi) is 7.43. The van der Waals surface area contributed by atoms with Crippen molar-refractivity contribution >= 4 is 39.2 Å². The van der Waals surface area contributed by atoms with E-state index in [4.69, 9.17) is 4.65 Å². The Morgan fingerprint density at radius 3 is 1.59 bits per heavy atom. The topological polar surface area (TPSA) is 29.5 Å². The van der Waals surface area contributed by atoms with Crippen molar-refractivity contribution in [3.8, 4) is 61.4 Å². The lowest BCUT2D eigenvalue weighted by Gasteiger charge is -2.12. The molecule has 0 bridgehead atoms. The molecule has 0 amide bonds. The first-order chi connectivity index (χ1) is 22.7. The molecule has 1 aromatic heterocycles. The van der Waals surface area contributed by atoms with Gasteiger partial charge in [-0.15, -0.1) is 11.3 Å². The smallest absolute Gasteiger partial charge is 0.537 e.